The van der Waals surface area contributed by atoms with E-state index in [0.717, 1.165) is 5.56 Å². The molecule has 0 amide bonds. The van der Waals surface area contributed by atoms with Crippen molar-refractivity contribution in [1.82, 2.24) is 0 Å². The van der Waals surface area contributed by atoms with E-state index in [1.54, 1.807) is 11.3 Å². The molecule has 1 nitrogen and oxygen atoms in total. The topological polar surface area (TPSA) is 20.2 Å². The van der Waals surface area contributed by atoms with Crippen LogP contribution < -0.4 is 0 Å². The first-order valence-corrected chi connectivity index (χ1v) is 5.53. The van der Waals surface area contributed by atoms with Gasteiger partial charge in [-0.3, -0.25) is 0 Å². The molecule has 0 aliphatic rings. The lowest BCUT2D eigenvalue weighted by Crippen LogP contribution is -2.15. The molecule has 0 radical (unpaired) electrons. The van der Waals surface area contributed by atoms with Gasteiger partial charge in [-0.15, -0.1) is 11.3 Å². The van der Waals surface area contributed by atoms with Crippen molar-refractivity contribution in [3.8, 4) is 0 Å². The Balaban J connectivity index is 2.81. The van der Waals surface area contributed by atoms with Gasteiger partial charge in [-0.05, 0) is 32.2 Å². The lowest BCUT2D eigenvalue weighted by molar-refractivity contribution is 0.0800. The number of aryl methyl sites for hydroxylation is 1. The maximum Gasteiger partial charge on any atom is 0.0857 e. The maximum absolute atomic E-state index is 10.1. The van der Waals surface area contributed by atoms with E-state index in [0.29, 0.717) is 0 Å². The molecular weight excluding hydrogens is 192 g/mol. The van der Waals surface area contributed by atoms with Gasteiger partial charge in [0.15, 0.2) is 0 Å². The molecule has 1 N–H and O–H groups in total. The quantitative estimate of drug-likeness (QED) is 0.757. The van der Waals surface area contributed by atoms with Gasteiger partial charge in [-0.25, -0.2) is 0 Å². The Morgan fingerprint density at radius 2 is 1.86 bits per heavy atom. The average Bonchev–Trinajstić information content (AvgIpc) is 2.38. The van der Waals surface area contributed by atoms with Crippen LogP contribution in [0.1, 0.15) is 24.3 Å². The third kappa shape index (κ3) is 1.45. The normalized spacial score (nSPS) is 12.3. The fourth-order valence-corrected chi connectivity index (χ4v) is 3.15. The Kier molecular flexibility index (Phi) is 2.13. The summed E-state index contributed by atoms with van der Waals surface area (Å²) in [6, 6.07) is 8.23. The Morgan fingerprint density at radius 1 is 1.21 bits per heavy atom. The van der Waals surface area contributed by atoms with Gasteiger partial charge in [0.2, 0.25) is 0 Å². The van der Waals surface area contributed by atoms with Crippen LogP contribution in [-0.4, -0.2) is 5.11 Å². The van der Waals surface area contributed by atoms with Crippen LogP contribution in [0.4, 0.5) is 0 Å². The van der Waals surface area contributed by atoms with E-state index >= 15 is 0 Å². The summed E-state index contributed by atoms with van der Waals surface area (Å²) in [5, 5.41) is 11.2. The molecule has 1 aromatic heterocycles. The zero-order valence-electron chi connectivity index (χ0n) is 8.66. The number of benzene rings is 1. The second kappa shape index (κ2) is 3.07. The molecule has 0 saturated heterocycles. The lowest BCUT2D eigenvalue weighted by atomic mass is 9.95. The first-order chi connectivity index (χ1) is 6.50. The molecule has 0 bridgehead atoms. The van der Waals surface area contributed by atoms with Crippen LogP contribution in [-0.2, 0) is 5.60 Å². The number of aliphatic hydroxyl groups is 1. The summed E-state index contributed by atoms with van der Waals surface area (Å²) in [6.45, 7) is 5.75. The standard InChI is InChI=1S/C12H14OS/c1-8-11(12(2,3)13)9-6-4-5-7-10(9)14-8/h4-7,13H,1-3H3. The molecule has 14 heavy (non-hydrogen) atoms. The van der Waals surface area contributed by atoms with Gasteiger partial charge in [-0.2, -0.15) is 0 Å². The van der Waals surface area contributed by atoms with Crippen LogP contribution in [0.25, 0.3) is 10.1 Å². The van der Waals surface area contributed by atoms with Crippen molar-refractivity contribution < 1.29 is 5.11 Å². The van der Waals surface area contributed by atoms with E-state index in [4.69, 9.17) is 0 Å². The van der Waals surface area contributed by atoms with Gasteiger partial charge < -0.3 is 5.11 Å². The maximum atomic E-state index is 10.1. The number of rotatable bonds is 1. The van der Waals surface area contributed by atoms with Crippen molar-refractivity contribution in [2.24, 2.45) is 0 Å². The van der Waals surface area contributed by atoms with Crippen molar-refractivity contribution in [3.63, 3.8) is 0 Å². The lowest BCUT2D eigenvalue weighted by Gasteiger charge is -2.18. The van der Waals surface area contributed by atoms with E-state index in [9.17, 15) is 5.11 Å². The summed E-state index contributed by atoms with van der Waals surface area (Å²) in [5.74, 6) is 0. The van der Waals surface area contributed by atoms with E-state index in [-0.39, 0.29) is 0 Å². The van der Waals surface area contributed by atoms with Crippen molar-refractivity contribution in [3.05, 3.63) is 34.7 Å². The summed E-state index contributed by atoms with van der Waals surface area (Å²) >= 11 is 1.75. The molecule has 0 aliphatic carbocycles. The third-order valence-electron chi connectivity index (χ3n) is 2.38. The molecule has 0 spiro atoms. The highest BCUT2D eigenvalue weighted by Crippen LogP contribution is 2.37. The van der Waals surface area contributed by atoms with Crippen LogP contribution >= 0.6 is 11.3 Å². The zero-order valence-corrected chi connectivity index (χ0v) is 9.48. The summed E-state index contributed by atoms with van der Waals surface area (Å²) in [6.07, 6.45) is 0. The summed E-state index contributed by atoms with van der Waals surface area (Å²) in [4.78, 5) is 1.21. The molecule has 0 aliphatic heterocycles. The van der Waals surface area contributed by atoms with Gasteiger partial charge in [0.1, 0.15) is 0 Å². The smallest absolute Gasteiger partial charge is 0.0857 e. The number of thiophene rings is 1. The molecule has 0 saturated carbocycles. The monoisotopic (exact) mass is 206 g/mol. The van der Waals surface area contributed by atoms with Crippen LogP contribution in [0, 0.1) is 6.92 Å². The van der Waals surface area contributed by atoms with Crippen molar-refractivity contribution in [2.75, 3.05) is 0 Å². The van der Waals surface area contributed by atoms with Crippen LogP contribution in [0.2, 0.25) is 0 Å². The zero-order chi connectivity index (χ0) is 10.3. The average molecular weight is 206 g/mol. The fraction of sp³-hybridized carbons (Fsp3) is 0.333. The first kappa shape index (κ1) is 9.69. The van der Waals surface area contributed by atoms with E-state index in [1.165, 1.54) is 15.0 Å². The predicted molar refractivity (Wildman–Crippen MR) is 61.8 cm³/mol. The van der Waals surface area contributed by atoms with Crippen molar-refractivity contribution in [2.45, 2.75) is 26.4 Å². The summed E-state index contributed by atoms with van der Waals surface area (Å²) in [5.41, 5.74) is 0.321. The highest BCUT2D eigenvalue weighted by molar-refractivity contribution is 7.19. The second-order valence-corrected chi connectivity index (χ2v) is 5.34. The third-order valence-corrected chi connectivity index (χ3v) is 3.47. The van der Waals surface area contributed by atoms with Gasteiger partial charge in [-0.1, -0.05) is 18.2 Å². The number of fused-ring (bicyclic) bond motifs is 1. The van der Waals surface area contributed by atoms with Crippen molar-refractivity contribution >= 4 is 21.4 Å². The first-order valence-electron chi connectivity index (χ1n) is 4.71. The minimum Gasteiger partial charge on any atom is -0.386 e. The van der Waals surface area contributed by atoms with Gasteiger partial charge in [0, 0.05) is 15.1 Å². The Labute approximate surface area is 88.0 Å². The Morgan fingerprint density at radius 3 is 2.50 bits per heavy atom. The highest BCUT2D eigenvalue weighted by atomic mass is 32.1. The Bertz CT molecular complexity index is 463. The largest absolute Gasteiger partial charge is 0.386 e. The fourth-order valence-electron chi connectivity index (χ4n) is 1.93. The summed E-state index contributed by atoms with van der Waals surface area (Å²) in [7, 11) is 0. The molecule has 2 aromatic rings. The molecule has 0 fully saturated rings. The van der Waals surface area contributed by atoms with E-state index in [1.807, 2.05) is 26.0 Å². The van der Waals surface area contributed by atoms with Crippen LogP contribution in [0.3, 0.4) is 0 Å². The molecule has 1 heterocycles. The number of hydrogen-bond acceptors (Lipinski definition) is 2. The molecule has 0 unspecified atom stereocenters. The second-order valence-electron chi connectivity index (χ2n) is 4.09. The van der Waals surface area contributed by atoms with Crippen LogP contribution in [0.15, 0.2) is 24.3 Å². The summed E-state index contributed by atoms with van der Waals surface area (Å²) < 4.78 is 1.25. The van der Waals surface area contributed by atoms with E-state index in [2.05, 4.69) is 19.1 Å². The molecule has 74 valence electrons. The molecular formula is C12H14OS. The highest BCUT2D eigenvalue weighted by Gasteiger charge is 2.22. The minimum atomic E-state index is -0.746. The minimum absolute atomic E-state index is 0.746. The Hall–Kier alpha value is -0.860. The van der Waals surface area contributed by atoms with Gasteiger partial charge in [0.25, 0.3) is 0 Å². The van der Waals surface area contributed by atoms with Crippen molar-refractivity contribution in [1.29, 1.82) is 0 Å². The van der Waals surface area contributed by atoms with Gasteiger partial charge in [0.05, 0.1) is 5.60 Å². The van der Waals surface area contributed by atoms with Crippen LogP contribution in [0.5, 0.6) is 0 Å². The molecule has 2 heteroatoms. The van der Waals surface area contributed by atoms with Gasteiger partial charge >= 0.3 is 0 Å². The SMILES string of the molecule is Cc1sc2ccccc2c1C(C)(C)O. The molecule has 2 rings (SSSR count). The number of hydrogen-bond donors (Lipinski definition) is 1. The molecule has 1 aromatic carbocycles. The van der Waals surface area contributed by atoms with E-state index < -0.39 is 5.60 Å². The predicted octanol–water partition coefficient (Wildman–Crippen LogP) is 3.44. The molecule has 0 atom stereocenters.